The summed E-state index contributed by atoms with van der Waals surface area (Å²) in [5.74, 6) is -0.503. The van der Waals surface area contributed by atoms with Gasteiger partial charge in [-0.2, -0.15) is 5.26 Å². The van der Waals surface area contributed by atoms with Crippen LogP contribution in [-0.4, -0.2) is 42.5 Å². The number of benzene rings is 2. The zero-order valence-electron chi connectivity index (χ0n) is 13.9. The molecule has 3 rings (SSSR count). The lowest BCUT2D eigenvalue weighted by atomic mass is 10.0. The van der Waals surface area contributed by atoms with Crippen molar-refractivity contribution in [3.05, 3.63) is 65.5 Å². The van der Waals surface area contributed by atoms with E-state index < -0.39 is 5.82 Å². The Labute approximate surface area is 146 Å². The molecule has 0 spiro atoms. The molecular formula is C19H19FN4O. The van der Waals surface area contributed by atoms with Gasteiger partial charge in [0, 0.05) is 19.6 Å². The Hall–Kier alpha value is -2.91. The SMILES string of the molecule is CN1CCN(C(=O)Nc2ccc(F)cc2C#N)[C@@H](c2ccccc2)C1. The van der Waals surface area contributed by atoms with Gasteiger partial charge in [0.05, 0.1) is 17.3 Å². The van der Waals surface area contributed by atoms with Crippen molar-refractivity contribution >= 4 is 11.7 Å². The van der Waals surface area contributed by atoms with Gasteiger partial charge in [-0.25, -0.2) is 9.18 Å². The third-order valence-corrected chi connectivity index (χ3v) is 4.37. The lowest BCUT2D eigenvalue weighted by Crippen LogP contribution is -2.50. The fraction of sp³-hybridized carbons (Fsp3) is 0.263. The van der Waals surface area contributed by atoms with Gasteiger partial charge in [0.15, 0.2) is 0 Å². The second-order valence-electron chi connectivity index (χ2n) is 6.11. The maximum absolute atomic E-state index is 13.3. The first-order chi connectivity index (χ1) is 12.1. The number of nitrogens with one attached hydrogen (secondary N) is 1. The quantitative estimate of drug-likeness (QED) is 0.915. The summed E-state index contributed by atoms with van der Waals surface area (Å²) >= 11 is 0. The highest BCUT2D eigenvalue weighted by molar-refractivity contribution is 5.91. The maximum Gasteiger partial charge on any atom is 0.322 e. The molecule has 0 radical (unpaired) electrons. The van der Waals surface area contributed by atoms with Crippen LogP contribution >= 0.6 is 0 Å². The number of piperazine rings is 1. The highest BCUT2D eigenvalue weighted by Crippen LogP contribution is 2.26. The van der Waals surface area contributed by atoms with Gasteiger partial charge >= 0.3 is 6.03 Å². The topological polar surface area (TPSA) is 59.4 Å². The van der Waals surface area contributed by atoms with Crippen LogP contribution in [-0.2, 0) is 0 Å². The van der Waals surface area contributed by atoms with Gasteiger partial charge in [0.1, 0.15) is 11.9 Å². The van der Waals surface area contributed by atoms with E-state index in [0.29, 0.717) is 12.2 Å². The first-order valence-corrected chi connectivity index (χ1v) is 8.09. The molecule has 0 aliphatic carbocycles. The molecule has 0 unspecified atom stereocenters. The van der Waals surface area contributed by atoms with E-state index >= 15 is 0 Å². The number of urea groups is 1. The van der Waals surface area contributed by atoms with Crippen LogP contribution < -0.4 is 5.32 Å². The number of carbonyl (C=O) groups is 1. The molecule has 1 atom stereocenters. The number of hydrogen-bond donors (Lipinski definition) is 1. The standard InChI is InChI=1S/C19H19FN4O/c1-23-9-10-24(18(13-23)14-5-3-2-4-6-14)19(25)22-17-8-7-16(20)11-15(17)12-21/h2-8,11,18H,9-10,13H2,1H3,(H,22,25)/t18-/m1/s1. The van der Waals surface area contributed by atoms with Crippen molar-refractivity contribution in [3.8, 4) is 6.07 Å². The number of halogens is 1. The largest absolute Gasteiger partial charge is 0.322 e. The summed E-state index contributed by atoms with van der Waals surface area (Å²) in [6.07, 6.45) is 0. The molecule has 1 heterocycles. The van der Waals surface area contributed by atoms with Crippen LogP contribution in [0.25, 0.3) is 0 Å². The van der Waals surface area contributed by atoms with Crippen molar-refractivity contribution in [1.29, 1.82) is 5.26 Å². The van der Waals surface area contributed by atoms with Crippen molar-refractivity contribution in [1.82, 2.24) is 9.80 Å². The van der Waals surface area contributed by atoms with Crippen molar-refractivity contribution in [3.63, 3.8) is 0 Å². The number of likely N-dealkylation sites (N-methyl/N-ethyl adjacent to an activating group) is 1. The van der Waals surface area contributed by atoms with Crippen LogP contribution in [0.2, 0.25) is 0 Å². The van der Waals surface area contributed by atoms with E-state index in [1.165, 1.54) is 12.1 Å². The lowest BCUT2D eigenvalue weighted by Gasteiger charge is -2.40. The molecular weight excluding hydrogens is 319 g/mol. The number of nitriles is 1. The lowest BCUT2D eigenvalue weighted by molar-refractivity contribution is 0.116. The molecule has 128 valence electrons. The first kappa shape index (κ1) is 16.9. The molecule has 0 saturated carbocycles. The van der Waals surface area contributed by atoms with Crippen molar-refractivity contribution in [2.45, 2.75) is 6.04 Å². The highest BCUT2D eigenvalue weighted by atomic mass is 19.1. The second-order valence-corrected chi connectivity index (χ2v) is 6.11. The van der Waals surface area contributed by atoms with E-state index in [4.69, 9.17) is 5.26 Å². The summed E-state index contributed by atoms with van der Waals surface area (Å²) in [4.78, 5) is 16.7. The van der Waals surface area contributed by atoms with Gasteiger partial charge in [-0.15, -0.1) is 0 Å². The van der Waals surface area contributed by atoms with Crippen molar-refractivity contribution < 1.29 is 9.18 Å². The van der Waals surface area contributed by atoms with Gasteiger partial charge in [-0.3, -0.25) is 0 Å². The van der Waals surface area contributed by atoms with Crippen molar-refractivity contribution in [2.75, 3.05) is 32.0 Å². The number of rotatable bonds is 2. The van der Waals surface area contributed by atoms with E-state index in [-0.39, 0.29) is 17.6 Å². The number of anilines is 1. The van der Waals surface area contributed by atoms with Crippen LogP contribution in [0.15, 0.2) is 48.5 Å². The zero-order valence-corrected chi connectivity index (χ0v) is 13.9. The van der Waals surface area contributed by atoms with Crippen molar-refractivity contribution in [2.24, 2.45) is 0 Å². The van der Waals surface area contributed by atoms with E-state index in [2.05, 4.69) is 10.2 Å². The number of amides is 2. The smallest absolute Gasteiger partial charge is 0.315 e. The van der Waals surface area contributed by atoms with E-state index in [9.17, 15) is 9.18 Å². The summed E-state index contributed by atoms with van der Waals surface area (Å²) in [6.45, 7) is 2.07. The molecule has 1 fully saturated rings. The third kappa shape index (κ3) is 3.78. The van der Waals surface area contributed by atoms with E-state index in [0.717, 1.165) is 24.7 Å². The van der Waals surface area contributed by atoms with Crippen LogP contribution in [0.5, 0.6) is 0 Å². The third-order valence-electron chi connectivity index (χ3n) is 4.37. The van der Waals surface area contributed by atoms with Crippen LogP contribution in [0.1, 0.15) is 17.2 Å². The maximum atomic E-state index is 13.3. The molecule has 5 nitrogen and oxygen atoms in total. The number of nitrogens with zero attached hydrogens (tertiary/aromatic N) is 3. The number of carbonyl (C=O) groups excluding carboxylic acids is 1. The Bertz CT molecular complexity index is 803. The molecule has 1 aliphatic heterocycles. The molecule has 1 N–H and O–H groups in total. The molecule has 0 bridgehead atoms. The molecule has 1 aliphatic rings. The summed E-state index contributed by atoms with van der Waals surface area (Å²) in [6, 6.07) is 15.2. The predicted molar refractivity (Wildman–Crippen MR) is 93.5 cm³/mol. The Kier molecular flexibility index (Phi) is 4.96. The van der Waals surface area contributed by atoms with Crippen LogP contribution in [0, 0.1) is 17.1 Å². The minimum absolute atomic E-state index is 0.0778. The normalized spacial score (nSPS) is 17.8. The average molecular weight is 338 g/mol. The number of hydrogen-bond acceptors (Lipinski definition) is 3. The second kappa shape index (κ2) is 7.32. The highest BCUT2D eigenvalue weighted by Gasteiger charge is 2.30. The van der Waals surface area contributed by atoms with Crippen LogP contribution in [0.3, 0.4) is 0 Å². The monoisotopic (exact) mass is 338 g/mol. The van der Waals surface area contributed by atoms with Gasteiger partial charge < -0.3 is 15.1 Å². The van der Waals surface area contributed by atoms with Gasteiger partial charge in [0.2, 0.25) is 0 Å². The first-order valence-electron chi connectivity index (χ1n) is 8.09. The molecule has 2 aromatic rings. The Morgan fingerprint density at radius 3 is 2.72 bits per heavy atom. The fourth-order valence-electron chi connectivity index (χ4n) is 3.03. The summed E-state index contributed by atoms with van der Waals surface area (Å²) in [7, 11) is 2.03. The summed E-state index contributed by atoms with van der Waals surface area (Å²) < 4.78 is 13.3. The zero-order chi connectivity index (χ0) is 17.8. The molecule has 2 amide bonds. The van der Waals surface area contributed by atoms with Gasteiger partial charge in [-0.05, 0) is 30.8 Å². The minimum atomic E-state index is -0.503. The Balaban J connectivity index is 1.83. The molecule has 1 saturated heterocycles. The molecule has 25 heavy (non-hydrogen) atoms. The molecule has 6 heteroatoms. The van der Waals surface area contributed by atoms with Crippen LogP contribution in [0.4, 0.5) is 14.9 Å². The fourth-order valence-corrected chi connectivity index (χ4v) is 3.03. The van der Waals surface area contributed by atoms with Gasteiger partial charge in [0.25, 0.3) is 0 Å². The predicted octanol–water partition coefficient (Wildman–Crippen LogP) is 3.22. The molecule has 0 aromatic heterocycles. The van der Waals surface area contributed by atoms with E-state index in [1.54, 1.807) is 4.90 Å². The van der Waals surface area contributed by atoms with E-state index in [1.807, 2.05) is 43.4 Å². The Morgan fingerprint density at radius 2 is 2.00 bits per heavy atom. The minimum Gasteiger partial charge on any atom is -0.315 e. The van der Waals surface area contributed by atoms with Gasteiger partial charge in [-0.1, -0.05) is 30.3 Å². The summed E-state index contributed by atoms with van der Waals surface area (Å²) in [5.41, 5.74) is 1.49. The average Bonchev–Trinajstić information content (AvgIpc) is 2.63. The molecule has 2 aromatic carbocycles. The Morgan fingerprint density at radius 1 is 1.24 bits per heavy atom. The summed E-state index contributed by atoms with van der Waals surface area (Å²) in [5, 5.41) is 11.9.